The van der Waals surface area contributed by atoms with Crippen LogP contribution in [0.3, 0.4) is 0 Å². The highest BCUT2D eigenvalue weighted by Crippen LogP contribution is 2.57. The van der Waals surface area contributed by atoms with Gasteiger partial charge >= 0.3 is 11.9 Å². The molecule has 38 heavy (non-hydrogen) atoms. The topological polar surface area (TPSA) is 102 Å². The maximum atomic E-state index is 14.3. The zero-order chi connectivity index (χ0) is 27.6. The molecule has 0 aromatic heterocycles. The summed E-state index contributed by atoms with van der Waals surface area (Å²) in [6.07, 6.45) is 0.492. The van der Waals surface area contributed by atoms with Crippen molar-refractivity contribution >= 4 is 46.6 Å². The van der Waals surface area contributed by atoms with Gasteiger partial charge in [0, 0.05) is 34.1 Å². The van der Waals surface area contributed by atoms with E-state index in [1.165, 1.54) is 14.2 Å². The molecule has 9 heteroatoms. The lowest BCUT2D eigenvalue weighted by Gasteiger charge is -2.50. The minimum absolute atomic E-state index is 0.0612. The molecule has 0 bridgehead atoms. The summed E-state index contributed by atoms with van der Waals surface area (Å²) in [5.41, 5.74) is -0.0646. The molecular weight excluding hydrogens is 508 g/mol. The summed E-state index contributed by atoms with van der Waals surface area (Å²) >= 11 is 6.21. The van der Waals surface area contributed by atoms with Gasteiger partial charge in [0.25, 0.3) is 5.91 Å². The van der Waals surface area contributed by atoms with Crippen molar-refractivity contribution in [3.05, 3.63) is 81.0 Å². The van der Waals surface area contributed by atoms with Gasteiger partial charge in [-0.05, 0) is 49.1 Å². The fraction of sp³-hybridized carbons (Fsp3) is 0.310. The van der Waals surface area contributed by atoms with Gasteiger partial charge < -0.3 is 19.7 Å². The van der Waals surface area contributed by atoms with E-state index in [0.717, 1.165) is 5.56 Å². The smallest absolute Gasteiger partial charge is 0.339 e. The molecule has 1 unspecified atom stereocenters. The summed E-state index contributed by atoms with van der Waals surface area (Å²) in [5.74, 6) is -2.69. The minimum atomic E-state index is -1.86. The molecule has 2 aromatic carbocycles. The molecule has 0 saturated heterocycles. The second-order valence-corrected chi connectivity index (χ2v) is 11.0. The number of nitrogens with one attached hydrogen (secondary N) is 1. The highest BCUT2D eigenvalue weighted by atomic mass is 35.5. The van der Waals surface area contributed by atoms with Crippen LogP contribution >= 0.6 is 11.6 Å². The Morgan fingerprint density at radius 1 is 0.974 bits per heavy atom. The van der Waals surface area contributed by atoms with Gasteiger partial charge in [-0.1, -0.05) is 43.1 Å². The molecular formula is C29H27ClN2O6. The van der Waals surface area contributed by atoms with Crippen molar-refractivity contribution in [2.45, 2.75) is 39.2 Å². The third-order valence-electron chi connectivity index (χ3n) is 7.33. The fourth-order valence-corrected chi connectivity index (χ4v) is 5.98. The molecule has 1 N–H and O–H groups in total. The predicted molar refractivity (Wildman–Crippen MR) is 142 cm³/mol. The molecule has 0 saturated carbocycles. The van der Waals surface area contributed by atoms with E-state index in [-0.39, 0.29) is 28.9 Å². The highest BCUT2D eigenvalue weighted by molar-refractivity contribution is 6.30. The summed E-state index contributed by atoms with van der Waals surface area (Å²) < 4.78 is 10.3. The van der Waals surface area contributed by atoms with Crippen molar-refractivity contribution in [3.8, 4) is 0 Å². The van der Waals surface area contributed by atoms with Gasteiger partial charge in [0.05, 0.1) is 30.9 Å². The standard InChI is InChI=1S/C29H27ClN2O6/c1-15-6-11-19-18(12-15)29(27(36)31-19)24(26(35)38-5)23(25(34)37-4)22-20(13-28(2,3)14-21(22)33)32(29)17-9-7-16(30)8-10-17/h6-12H,13-14H2,1-5H3,(H,31,36). The van der Waals surface area contributed by atoms with Crippen LogP contribution in [-0.4, -0.2) is 37.8 Å². The SMILES string of the molecule is COC(=O)C1=C(C(=O)OC)C2(C(=O)Nc3ccc(C)cc32)N(c2ccc(Cl)cc2)C2=C1C(=O)CC(C)(C)C2. The molecule has 8 nitrogen and oxygen atoms in total. The van der Waals surface area contributed by atoms with E-state index < -0.39 is 28.8 Å². The zero-order valence-electron chi connectivity index (χ0n) is 21.7. The maximum absolute atomic E-state index is 14.3. The van der Waals surface area contributed by atoms with E-state index in [1.54, 1.807) is 41.3 Å². The number of allylic oxidation sites excluding steroid dienone is 1. The molecule has 1 amide bonds. The Balaban J connectivity index is 2.02. The second kappa shape index (κ2) is 8.84. The van der Waals surface area contributed by atoms with Crippen molar-refractivity contribution in [1.29, 1.82) is 0 Å². The molecule has 0 fully saturated rings. The molecule has 3 aliphatic rings. The van der Waals surface area contributed by atoms with Crippen molar-refractivity contribution < 1.29 is 28.7 Å². The second-order valence-electron chi connectivity index (χ2n) is 10.5. The van der Waals surface area contributed by atoms with Gasteiger partial charge in [-0.2, -0.15) is 0 Å². The fourth-order valence-electron chi connectivity index (χ4n) is 5.85. The number of hydrogen-bond acceptors (Lipinski definition) is 7. The highest BCUT2D eigenvalue weighted by Gasteiger charge is 2.63. The first kappa shape index (κ1) is 25.7. The number of ether oxygens (including phenoxy) is 2. The van der Waals surface area contributed by atoms with Crippen LogP contribution in [0.2, 0.25) is 5.02 Å². The number of carbonyl (C=O) groups is 4. The normalized spacial score (nSPS) is 21.8. The molecule has 1 aliphatic carbocycles. The van der Waals surface area contributed by atoms with Crippen molar-refractivity contribution in [3.63, 3.8) is 0 Å². The number of halogens is 1. The Bertz CT molecular complexity index is 1490. The number of anilines is 2. The number of esters is 2. The lowest BCUT2D eigenvalue weighted by atomic mass is 9.66. The van der Waals surface area contributed by atoms with Crippen molar-refractivity contribution in [2.75, 3.05) is 24.4 Å². The summed E-state index contributed by atoms with van der Waals surface area (Å²) in [5, 5.41) is 3.37. The molecule has 1 atom stereocenters. The Labute approximate surface area is 225 Å². The first-order chi connectivity index (χ1) is 18.0. The van der Waals surface area contributed by atoms with Crippen LogP contribution in [0.4, 0.5) is 11.4 Å². The number of fused-ring (bicyclic) bond motifs is 2. The van der Waals surface area contributed by atoms with Gasteiger partial charge in [0.2, 0.25) is 0 Å². The summed E-state index contributed by atoms with van der Waals surface area (Å²) in [4.78, 5) is 56.9. The van der Waals surface area contributed by atoms with E-state index in [4.69, 9.17) is 21.1 Å². The third kappa shape index (κ3) is 3.58. The first-order valence-electron chi connectivity index (χ1n) is 12.1. The van der Waals surface area contributed by atoms with E-state index in [1.807, 2.05) is 26.8 Å². The molecule has 1 spiro atoms. The number of amides is 1. The van der Waals surface area contributed by atoms with Crippen LogP contribution < -0.4 is 10.2 Å². The summed E-state index contributed by atoms with van der Waals surface area (Å²) in [7, 11) is 2.34. The summed E-state index contributed by atoms with van der Waals surface area (Å²) in [6, 6.07) is 12.2. The number of methoxy groups -OCH3 is 2. The van der Waals surface area contributed by atoms with Crippen molar-refractivity contribution in [1.82, 2.24) is 0 Å². The zero-order valence-corrected chi connectivity index (χ0v) is 22.5. The number of carbonyl (C=O) groups excluding carboxylic acids is 4. The number of ketones is 1. The van der Waals surface area contributed by atoms with Crippen LogP contribution in [0.15, 0.2) is 64.9 Å². The van der Waals surface area contributed by atoms with E-state index in [9.17, 15) is 19.2 Å². The van der Waals surface area contributed by atoms with Crippen LogP contribution in [0, 0.1) is 12.3 Å². The molecule has 5 rings (SSSR count). The van der Waals surface area contributed by atoms with Gasteiger partial charge in [0.15, 0.2) is 11.3 Å². The first-order valence-corrected chi connectivity index (χ1v) is 12.5. The summed E-state index contributed by atoms with van der Waals surface area (Å²) in [6.45, 7) is 5.77. The number of rotatable bonds is 3. The lowest BCUT2D eigenvalue weighted by Crippen LogP contribution is -2.58. The van der Waals surface area contributed by atoms with E-state index >= 15 is 0 Å². The largest absolute Gasteiger partial charge is 0.466 e. The van der Waals surface area contributed by atoms with Gasteiger partial charge in [0.1, 0.15) is 0 Å². The third-order valence-corrected chi connectivity index (χ3v) is 7.58. The molecule has 2 heterocycles. The van der Waals surface area contributed by atoms with Crippen LogP contribution in [-0.2, 0) is 34.2 Å². The Morgan fingerprint density at radius 2 is 1.63 bits per heavy atom. The average molecular weight is 535 g/mol. The van der Waals surface area contributed by atoms with E-state index in [2.05, 4.69) is 5.32 Å². The number of aryl methyl sites for hydroxylation is 1. The Kier molecular flexibility index (Phi) is 5.98. The number of benzene rings is 2. The predicted octanol–water partition coefficient (Wildman–Crippen LogP) is 4.60. The van der Waals surface area contributed by atoms with Gasteiger partial charge in [-0.15, -0.1) is 0 Å². The molecule has 2 aliphatic heterocycles. The molecule has 2 aromatic rings. The van der Waals surface area contributed by atoms with Gasteiger partial charge in [-0.25, -0.2) is 9.59 Å². The van der Waals surface area contributed by atoms with Gasteiger partial charge in [-0.3, -0.25) is 9.59 Å². The minimum Gasteiger partial charge on any atom is -0.466 e. The monoisotopic (exact) mass is 534 g/mol. The maximum Gasteiger partial charge on any atom is 0.339 e. The Morgan fingerprint density at radius 3 is 2.26 bits per heavy atom. The van der Waals surface area contributed by atoms with E-state index in [0.29, 0.717) is 34.1 Å². The van der Waals surface area contributed by atoms with Crippen LogP contribution in [0.1, 0.15) is 37.8 Å². The lowest BCUT2D eigenvalue weighted by molar-refractivity contribution is -0.141. The van der Waals surface area contributed by atoms with Crippen LogP contribution in [0.5, 0.6) is 0 Å². The Hall–Kier alpha value is -3.91. The molecule has 0 radical (unpaired) electrons. The number of nitrogens with zero attached hydrogens (tertiary/aromatic N) is 1. The van der Waals surface area contributed by atoms with Crippen molar-refractivity contribution in [2.24, 2.45) is 5.41 Å². The average Bonchev–Trinajstić information content (AvgIpc) is 3.13. The molecule has 196 valence electrons. The number of Topliss-reactive ketones (excluding diaryl/α,β-unsaturated/α-hetero) is 1. The number of hydrogen-bond donors (Lipinski definition) is 1. The quantitative estimate of drug-likeness (QED) is 0.574. The van der Waals surface area contributed by atoms with Crippen LogP contribution in [0.25, 0.3) is 0 Å².